The quantitative estimate of drug-likeness (QED) is 0.588. The average molecular weight is 244 g/mol. The van der Waals surface area contributed by atoms with Gasteiger partial charge in [0.25, 0.3) is 0 Å². The van der Waals surface area contributed by atoms with Crippen molar-refractivity contribution in [3.63, 3.8) is 0 Å². The Morgan fingerprint density at radius 1 is 1.28 bits per heavy atom. The molecule has 0 aliphatic carbocycles. The summed E-state index contributed by atoms with van der Waals surface area (Å²) in [5.74, 6) is 0.631. The third-order valence-electron chi connectivity index (χ3n) is 3.77. The van der Waals surface area contributed by atoms with Crippen molar-refractivity contribution in [3.05, 3.63) is 35.5 Å². The second-order valence-corrected chi connectivity index (χ2v) is 4.87. The lowest BCUT2D eigenvalue weighted by Gasteiger charge is -2.42. The van der Waals surface area contributed by atoms with Crippen LogP contribution < -0.4 is 0 Å². The highest BCUT2D eigenvalue weighted by atomic mass is 16.4. The van der Waals surface area contributed by atoms with Crippen LogP contribution in [-0.4, -0.2) is 34.0 Å². The van der Waals surface area contributed by atoms with Crippen molar-refractivity contribution >= 4 is 11.8 Å². The molecular weight excluding hydrogens is 228 g/mol. The third kappa shape index (κ3) is 1.83. The number of fused-ring (bicyclic) bond motifs is 3. The van der Waals surface area contributed by atoms with E-state index in [-0.39, 0.29) is 5.75 Å². The number of benzene rings is 1. The van der Waals surface area contributed by atoms with Gasteiger partial charge in [-0.3, -0.25) is 0 Å². The number of oxime groups is 1. The molecule has 0 spiro atoms. The average Bonchev–Trinajstić information content (AvgIpc) is 2.40. The first-order valence-electron chi connectivity index (χ1n) is 6.26. The Hall–Kier alpha value is -1.97. The maximum absolute atomic E-state index is 9.48. The molecule has 3 heterocycles. The van der Waals surface area contributed by atoms with Gasteiger partial charge in [0, 0.05) is 19.0 Å². The second-order valence-electron chi connectivity index (χ2n) is 4.87. The molecule has 3 fully saturated rings. The summed E-state index contributed by atoms with van der Waals surface area (Å²) in [6.07, 6.45) is 4.12. The van der Waals surface area contributed by atoms with Gasteiger partial charge >= 0.3 is 0 Å². The van der Waals surface area contributed by atoms with E-state index in [4.69, 9.17) is 0 Å². The van der Waals surface area contributed by atoms with Gasteiger partial charge in [-0.1, -0.05) is 17.3 Å². The molecule has 18 heavy (non-hydrogen) atoms. The van der Waals surface area contributed by atoms with Gasteiger partial charge in [0.05, 0.1) is 5.70 Å². The van der Waals surface area contributed by atoms with Crippen molar-refractivity contribution in [2.45, 2.75) is 12.8 Å². The maximum atomic E-state index is 9.48. The smallest absolute Gasteiger partial charge is 0.116 e. The summed E-state index contributed by atoms with van der Waals surface area (Å²) in [6, 6.07) is 7.11. The number of nitrogens with zero attached hydrogens (tertiary/aromatic N) is 2. The molecule has 0 atom stereocenters. The molecule has 4 heteroatoms. The number of rotatable bonds is 1. The van der Waals surface area contributed by atoms with Crippen LogP contribution in [-0.2, 0) is 0 Å². The van der Waals surface area contributed by atoms with Crippen molar-refractivity contribution < 1.29 is 10.3 Å². The number of hydrogen-bond acceptors (Lipinski definition) is 4. The number of phenolic OH excluding ortho intramolecular Hbond substituents is 1. The molecule has 0 amide bonds. The summed E-state index contributed by atoms with van der Waals surface area (Å²) >= 11 is 0. The SMILES string of the molecule is O/N=C1/C(=C/c2cccc(O)c2)N2CCC1CC2. The molecule has 0 unspecified atom stereocenters. The molecule has 1 aromatic rings. The fourth-order valence-corrected chi connectivity index (χ4v) is 2.84. The Bertz CT molecular complexity index is 514. The molecule has 2 bridgehead atoms. The second kappa shape index (κ2) is 4.37. The Labute approximate surface area is 106 Å². The van der Waals surface area contributed by atoms with Gasteiger partial charge in [-0.15, -0.1) is 0 Å². The molecule has 3 aliphatic rings. The number of phenols is 1. The largest absolute Gasteiger partial charge is 0.508 e. The predicted molar refractivity (Wildman–Crippen MR) is 69.6 cm³/mol. The van der Waals surface area contributed by atoms with Crippen LogP contribution in [0.1, 0.15) is 18.4 Å². The van der Waals surface area contributed by atoms with Gasteiger partial charge in [-0.25, -0.2) is 0 Å². The van der Waals surface area contributed by atoms with Crippen LogP contribution in [0.2, 0.25) is 0 Å². The normalized spacial score (nSPS) is 24.1. The van der Waals surface area contributed by atoms with Gasteiger partial charge in [-0.05, 0) is 36.6 Å². The topological polar surface area (TPSA) is 56.1 Å². The van der Waals surface area contributed by atoms with E-state index in [0.29, 0.717) is 5.92 Å². The van der Waals surface area contributed by atoms with Crippen molar-refractivity contribution in [2.24, 2.45) is 11.1 Å². The van der Waals surface area contributed by atoms with Crippen molar-refractivity contribution in [1.29, 1.82) is 0 Å². The van der Waals surface area contributed by atoms with Crippen LogP contribution in [0, 0.1) is 5.92 Å². The number of piperidine rings is 3. The summed E-state index contributed by atoms with van der Waals surface area (Å²) in [5, 5.41) is 22.1. The maximum Gasteiger partial charge on any atom is 0.116 e. The van der Waals surface area contributed by atoms with E-state index in [2.05, 4.69) is 10.1 Å². The first-order chi connectivity index (χ1) is 8.78. The minimum atomic E-state index is 0.253. The third-order valence-corrected chi connectivity index (χ3v) is 3.77. The molecule has 4 nitrogen and oxygen atoms in total. The van der Waals surface area contributed by atoms with Crippen molar-refractivity contribution in [1.82, 2.24) is 4.90 Å². The van der Waals surface area contributed by atoms with Gasteiger partial charge in [-0.2, -0.15) is 0 Å². The molecule has 0 aromatic heterocycles. The van der Waals surface area contributed by atoms with Gasteiger partial charge in [0.1, 0.15) is 11.5 Å². The van der Waals surface area contributed by atoms with E-state index in [1.807, 2.05) is 18.2 Å². The summed E-state index contributed by atoms with van der Waals surface area (Å²) in [6.45, 7) is 2.04. The highest BCUT2D eigenvalue weighted by molar-refractivity contribution is 6.05. The zero-order valence-corrected chi connectivity index (χ0v) is 10.1. The standard InChI is InChI=1S/C14H16N2O2/c17-12-3-1-2-10(8-12)9-13-14(15-18)11-4-6-16(13)7-5-11/h1-3,8-9,11,17-18H,4-7H2/b13-9-,15-14+. The zero-order valence-electron chi connectivity index (χ0n) is 10.1. The Balaban J connectivity index is 1.99. The van der Waals surface area contributed by atoms with E-state index in [1.165, 1.54) is 0 Å². The molecule has 1 aromatic carbocycles. The number of allylic oxidation sites excluding steroid dienone is 1. The summed E-state index contributed by atoms with van der Waals surface area (Å²) in [7, 11) is 0. The molecule has 4 rings (SSSR count). The van der Waals surface area contributed by atoms with E-state index in [1.54, 1.807) is 12.1 Å². The van der Waals surface area contributed by atoms with E-state index in [9.17, 15) is 10.3 Å². The van der Waals surface area contributed by atoms with Gasteiger partial charge in [0.2, 0.25) is 0 Å². The van der Waals surface area contributed by atoms with Crippen LogP contribution in [0.4, 0.5) is 0 Å². The van der Waals surface area contributed by atoms with Crippen LogP contribution in [0.15, 0.2) is 35.1 Å². The molecular formula is C14H16N2O2. The predicted octanol–water partition coefficient (Wildman–Crippen LogP) is 2.29. The zero-order chi connectivity index (χ0) is 12.5. The highest BCUT2D eigenvalue weighted by Crippen LogP contribution is 2.33. The molecule has 0 saturated carbocycles. The van der Waals surface area contributed by atoms with E-state index < -0.39 is 0 Å². The lowest BCUT2D eigenvalue weighted by molar-refractivity contribution is 0.229. The Morgan fingerprint density at radius 3 is 2.72 bits per heavy atom. The van der Waals surface area contributed by atoms with E-state index >= 15 is 0 Å². The highest BCUT2D eigenvalue weighted by Gasteiger charge is 2.35. The summed E-state index contributed by atoms with van der Waals surface area (Å²) in [4.78, 5) is 2.25. The van der Waals surface area contributed by atoms with E-state index in [0.717, 1.165) is 42.9 Å². The molecule has 3 saturated heterocycles. The van der Waals surface area contributed by atoms with Crippen LogP contribution in [0.3, 0.4) is 0 Å². The number of hydrogen-bond donors (Lipinski definition) is 2. The monoisotopic (exact) mass is 244 g/mol. The van der Waals surface area contributed by atoms with Crippen LogP contribution in [0.5, 0.6) is 5.75 Å². The lowest BCUT2D eigenvalue weighted by Crippen LogP contribution is -2.46. The summed E-state index contributed by atoms with van der Waals surface area (Å²) < 4.78 is 0. The first-order valence-corrected chi connectivity index (χ1v) is 6.26. The molecule has 3 aliphatic heterocycles. The van der Waals surface area contributed by atoms with Gasteiger partial charge in [0.15, 0.2) is 0 Å². The van der Waals surface area contributed by atoms with Crippen LogP contribution in [0.25, 0.3) is 6.08 Å². The number of aromatic hydroxyl groups is 1. The summed E-state index contributed by atoms with van der Waals surface area (Å²) in [5.41, 5.74) is 2.71. The minimum Gasteiger partial charge on any atom is -0.508 e. The fraction of sp³-hybridized carbons (Fsp3) is 0.357. The molecule has 0 radical (unpaired) electrons. The van der Waals surface area contributed by atoms with Crippen LogP contribution >= 0.6 is 0 Å². The van der Waals surface area contributed by atoms with Gasteiger partial charge < -0.3 is 15.2 Å². The van der Waals surface area contributed by atoms with Crippen molar-refractivity contribution in [2.75, 3.05) is 13.1 Å². The Kier molecular flexibility index (Phi) is 2.70. The molecule has 94 valence electrons. The lowest BCUT2D eigenvalue weighted by atomic mass is 9.83. The fourth-order valence-electron chi connectivity index (χ4n) is 2.84. The minimum absolute atomic E-state index is 0.253. The Morgan fingerprint density at radius 2 is 2.06 bits per heavy atom. The first kappa shape index (κ1) is 11.1. The molecule has 2 N–H and O–H groups in total. The van der Waals surface area contributed by atoms with Crippen molar-refractivity contribution in [3.8, 4) is 5.75 Å².